The normalized spacial score (nSPS) is 22.0. The standard InChI is InChI=1S/C32H42N8O5/c1-32(2,3)45-31(44)39-17-21-15-38(16-22(18-39)26(21)41)28(42)19-10-11-25(33-13-19)35-30-34-14-20-12-24(29(43)37(4)5)40(27(20)36-30)23-8-6-7-9-23/h10-14,21-23,26,41H,6-9,15-18H2,1-5H3,(H,33,34,35,36)/t21-,22+,26?. The molecule has 3 atom stereocenters. The van der Waals surface area contributed by atoms with E-state index in [0.717, 1.165) is 31.1 Å². The van der Waals surface area contributed by atoms with E-state index in [1.807, 2.05) is 26.8 Å². The number of nitrogens with one attached hydrogen (secondary N) is 1. The number of aliphatic hydroxyl groups excluding tert-OH is 1. The molecule has 13 nitrogen and oxygen atoms in total. The fourth-order valence-electron chi connectivity index (χ4n) is 6.74. The van der Waals surface area contributed by atoms with Crippen LogP contribution >= 0.6 is 0 Å². The van der Waals surface area contributed by atoms with Crippen molar-refractivity contribution in [1.82, 2.24) is 34.2 Å². The van der Waals surface area contributed by atoms with Gasteiger partial charge in [-0.25, -0.2) is 14.8 Å². The first-order valence-corrected chi connectivity index (χ1v) is 15.7. The third-order valence-corrected chi connectivity index (χ3v) is 8.87. The summed E-state index contributed by atoms with van der Waals surface area (Å²) in [6.45, 7) is 6.81. The largest absolute Gasteiger partial charge is 0.444 e. The molecule has 2 saturated heterocycles. The topological polar surface area (TPSA) is 146 Å². The Kier molecular flexibility index (Phi) is 8.14. The van der Waals surface area contributed by atoms with Gasteiger partial charge in [0.1, 0.15) is 22.8 Å². The Balaban J connectivity index is 1.14. The zero-order valence-corrected chi connectivity index (χ0v) is 26.6. The van der Waals surface area contributed by atoms with Gasteiger partial charge >= 0.3 is 6.09 Å². The van der Waals surface area contributed by atoms with Crippen LogP contribution in [0.15, 0.2) is 30.6 Å². The average molecular weight is 619 g/mol. The van der Waals surface area contributed by atoms with E-state index >= 15 is 0 Å². The summed E-state index contributed by atoms with van der Waals surface area (Å²) in [4.78, 5) is 57.7. The van der Waals surface area contributed by atoms with Crippen LogP contribution in [-0.4, -0.2) is 109 Å². The van der Waals surface area contributed by atoms with E-state index in [2.05, 4.69) is 19.9 Å². The molecule has 3 aromatic rings. The van der Waals surface area contributed by atoms with E-state index in [4.69, 9.17) is 9.72 Å². The number of carbonyl (C=O) groups is 3. The van der Waals surface area contributed by atoms with Crippen LogP contribution < -0.4 is 5.32 Å². The molecule has 6 rings (SSSR count). The van der Waals surface area contributed by atoms with Gasteiger partial charge < -0.3 is 34.4 Å². The van der Waals surface area contributed by atoms with E-state index in [9.17, 15) is 19.5 Å². The van der Waals surface area contributed by atoms with Gasteiger partial charge in [0.2, 0.25) is 5.95 Å². The summed E-state index contributed by atoms with van der Waals surface area (Å²) in [5.74, 6) is 0.0738. The summed E-state index contributed by atoms with van der Waals surface area (Å²) in [7, 11) is 3.50. The monoisotopic (exact) mass is 618 g/mol. The molecule has 240 valence electrons. The maximum absolute atomic E-state index is 13.4. The maximum Gasteiger partial charge on any atom is 0.410 e. The van der Waals surface area contributed by atoms with Gasteiger partial charge in [0.15, 0.2) is 0 Å². The number of hydrogen-bond acceptors (Lipinski definition) is 9. The van der Waals surface area contributed by atoms with Crippen LogP contribution in [0.5, 0.6) is 0 Å². The number of pyridine rings is 1. The number of nitrogens with zero attached hydrogens (tertiary/aromatic N) is 7. The van der Waals surface area contributed by atoms with Crippen LogP contribution in [0.3, 0.4) is 0 Å². The van der Waals surface area contributed by atoms with Crippen LogP contribution in [0, 0.1) is 11.8 Å². The predicted molar refractivity (Wildman–Crippen MR) is 167 cm³/mol. The van der Waals surface area contributed by atoms with Gasteiger partial charge in [0, 0.05) is 75.9 Å². The van der Waals surface area contributed by atoms with E-state index in [1.165, 1.54) is 6.20 Å². The first kappa shape index (κ1) is 30.8. The van der Waals surface area contributed by atoms with Crippen molar-refractivity contribution in [1.29, 1.82) is 0 Å². The summed E-state index contributed by atoms with van der Waals surface area (Å²) < 4.78 is 7.59. The van der Waals surface area contributed by atoms with E-state index < -0.39 is 17.8 Å². The lowest BCUT2D eigenvalue weighted by Gasteiger charge is -2.48. The molecule has 2 aliphatic heterocycles. The lowest BCUT2D eigenvalue weighted by Crippen LogP contribution is -2.62. The summed E-state index contributed by atoms with van der Waals surface area (Å²) in [5.41, 5.74) is 1.14. The highest BCUT2D eigenvalue weighted by Gasteiger charge is 2.45. The molecule has 2 N–H and O–H groups in total. The fraction of sp³-hybridized carbons (Fsp3) is 0.562. The summed E-state index contributed by atoms with van der Waals surface area (Å²) in [6.07, 6.45) is 6.50. The van der Waals surface area contributed by atoms with Gasteiger partial charge in [-0.2, -0.15) is 4.98 Å². The number of aromatic nitrogens is 4. The highest BCUT2D eigenvalue weighted by molar-refractivity contribution is 5.98. The molecule has 1 unspecified atom stereocenters. The minimum atomic E-state index is -0.603. The number of piperidine rings is 2. The number of rotatable bonds is 5. The van der Waals surface area contributed by atoms with Crippen molar-refractivity contribution in [2.24, 2.45) is 11.8 Å². The lowest BCUT2D eigenvalue weighted by atomic mass is 9.81. The summed E-state index contributed by atoms with van der Waals surface area (Å²) in [6, 6.07) is 5.49. The molecule has 3 aliphatic rings. The quantitative estimate of drug-likeness (QED) is 0.437. The second-order valence-electron chi connectivity index (χ2n) is 13.7. The second kappa shape index (κ2) is 11.9. The highest BCUT2D eigenvalue weighted by atomic mass is 16.6. The number of hydrogen-bond donors (Lipinski definition) is 2. The van der Waals surface area contributed by atoms with Crippen molar-refractivity contribution >= 4 is 40.7 Å². The molecule has 1 saturated carbocycles. The van der Waals surface area contributed by atoms with Crippen molar-refractivity contribution in [3.8, 4) is 0 Å². The smallest absolute Gasteiger partial charge is 0.410 e. The lowest BCUT2D eigenvalue weighted by molar-refractivity contribution is -0.0727. The van der Waals surface area contributed by atoms with Crippen LogP contribution in [0.2, 0.25) is 0 Å². The molecule has 3 amide bonds. The molecular weight excluding hydrogens is 576 g/mol. The number of amides is 3. The van der Waals surface area contributed by atoms with E-state index in [-0.39, 0.29) is 29.7 Å². The Morgan fingerprint density at radius 2 is 1.64 bits per heavy atom. The van der Waals surface area contributed by atoms with Crippen LogP contribution in [0.1, 0.15) is 73.3 Å². The fourth-order valence-corrected chi connectivity index (χ4v) is 6.74. The molecule has 1 aliphatic carbocycles. The number of aliphatic hydroxyl groups is 1. The Morgan fingerprint density at radius 3 is 2.24 bits per heavy atom. The SMILES string of the molecule is CN(C)C(=O)c1cc2cnc(Nc3ccc(C(=O)N4C[C@H]5CN(C(=O)OC(C)(C)C)C[C@@H](C4)C5O)cn3)nc2n1C1CCCC1. The Hall–Kier alpha value is -4.26. The average Bonchev–Trinajstić information content (AvgIpc) is 3.63. The first-order chi connectivity index (χ1) is 21.4. The third-order valence-electron chi connectivity index (χ3n) is 8.87. The molecule has 0 spiro atoms. The molecule has 13 heteroatoms. The molecular formula is C32H42N8O5. The Bertz CT molecular complexity index is 1580. The summed E-state index contributed by atoms with van der Waals surface area (Å²) >= 11 is 0. The highest BCUT2D eigenvalue weighted by Crippen LogP contribution is 2.35. The van der Waals surface area contributed by atoms with Crippen molar-refractivity contribution in [2.45, 2.75) is 64.2 Å². The van der Waals surface area contributed by atoms with E-state index in [0.29, 0.717) is 54.8 Å². The number of ether oxygens (including phenoxy) is 1. The van der Waals surface area contributed by atoms with Crippen LogP contribution in [-0.2, 0) is 4.74 Å². The van der Waals surface area contributed by atoms with Gasteiger partial charge in [0.05, 0.1) is 11.7 Å². The predicted octanol–water partition coefficient (Wildman–Crippen LogP) is 3.69. The Morgan fingerprint density at radius 1 is 0.978 bits per heavy atom. The van der Waals surface area contributed by atoms with Gasteiger partial charge in [-0.1, -0.05) is 12.8 Å². The molecule has 0 radical (unpaired) electrons. The second-order valence-corrected chi connectivity index (χ2v) is 13.7. The maximum atomic E-state index is 13.4. The van der Waals surface area contributed by atoms with Crippen molar-refractivity contribution in [3.05, 3.63) is 41.9 Å². The van der Waals surface area contributed by atoms with E-state index in [1.54, 1.807) is 47.1 Å². The zero-order chi connectivity index (χ0) is 32.0. The van der Waals surface area contributed by atoms with Gasteiger partial charge in [-0.05, 0) is 51.8 Å². The summed E-state index contributed by atoms with van der Waals surface area (Å²) in [5, 5.41) is 14.7. The number of fused-ring (bicyclic) bond motifs is 3. The third kappa shape index (κ3) is 6.31. The Labute approximate surface area is 262 Å². The number of carbonyl (C=O) groups excluding carboxylic acids is 3. The van der Waals surface area contributed by atoms with Gasteiger partial charge in [-0.3, -0.25) is 9.59 Å². The number of likely N-dealkylation sites (tertiary alicyclic amines) is 2. The number of anilines is 2. The van der Waals surface area contributed by atoms with Crippen LogP contribution in [0.4, 0.5) is 16.6 Å². The van der Waals surface area contributed by atoms with Crippen LogP contribution in [0.25, 0.3) is 11.0 Å². The van der Waals surface area contributed by atoms with Crippen molar-refractivity contribution in [2.75, 3.05) is 45.6 Å². The molecule has 45 heavy (non-hydrogen) atoms. The molecule has 3 aromatic heterocycles. The first-order valence-electron chi connectivity index (χ1n) is 15.7. The zero-order valence-electron chi connectivity index (χ0n) is 26.6. The van der Waals surface area contributed by atoms with Gasteiger partial charge in [-0.15, -0.1) is 0 Å². The minimum Gasteiger partial charge on any atom is -0.444 e. The molecule has 3 fully saturated rings. The van der Waals surface area contributed by atoms with Crippen molar-refractivity contribution in [3.63, 3.8) is 0 Å². The molecule has 5 heterocycles. The molecule has 0 aromatic carbocycles. The van der Waals surface area contributed by atoms with Gasteiger partial charge in [0.25, 0.3) is 11.8 Å². The van der Waals surface area contributed by atoms with Crippen molar-refractivity contribution < 1.29 is 24.2 Å². The molecule has 2 bridgehead atoms. The minimum absolute atomic E-state index is 0.0662.